The number of Topliss-reactive ketones (excluding diaryl/α,β-unsaturated/α-hetero) is 2. The number of carbonyl (C=O) groups excluding carboxylic acids is 2. The molecule has 0 radical (unpaired) electrons. The highest BCUT2D eigenvalue weighted by Gasteiger charge is 2.34. The van der Waals surface area contributed by atoms with Crippen LogP contribution >= 0.6 is 11.3 Å². The summed E-state index contributed by atoms with van der Waals surface area (Å²) in [5.74, 6) is -0.304. The lowest BCUT2D eigenvalue weighted by Crippen LogP contribution is -2.03. The monoisotopic (exact) mass is 474 g/mol. The van der Waals surface area contributed by atoms with Crippen molar-refractivity contribution in [1.29, 1.82) is 0 Å². The number of hydrogen-bond donors (Lipinski definition) is 0. The van der Waals surface area contributed by atoms with Crippen LogP contribution in [-0.4, -0.2) is 11.6 Å². The summed E-state index contributed by atoms with van der Waals surface area (Å²) in [6.07, 6.45) is -2.93. The van der Waals surface area contributed by atoms with Crippen LogP contribution < -0.4 is 0 Å². The minimum absolute atomic E-state index is 0.0506. The summed E-state index contributed by atoms with van der Waals surface area (Å²) in [5.41, 5.74) is 1.29. The maximum atomic E-state index is 12.9. The Morgan fingerprint density at radius 3 is 1.97 bits per heavy atom. The number of benzene rings is 3. The average molecular weight is 474 g/mol. The zero-order chi connectivity index (χ0) is 23.6. The van der Waals surface area contributed by atoms with E-state index in [2.05, 4.69) is 0 Å². The van der Waals surface area contributed by atoms with Gasteiger partial charge in [0, 0.05) is 28.1 Å². The molecule has 3 aromatic carbocycles. The molecule has 0 unspecified atom stereocenters. The highest BCUT2D eigenvalue weighted by Crippen LogP contribution is 2.38. The van der Waals surface area contributed by atoms with Crippen molar-refractivity contribution in [1.82, 2.24) is 0 Å². The predicted octanol–water partition coefficient (Wildman–Crippen LogP) is 7.80. The smallest absolute Gasteiger partial charge is 0.416 e. The molecule has 0 fully saturated rings. The zero-order valence-corrected chi connectivity index (χ0v) is 18.1. The van der Waals surface area contributed by atoms with Gasteiger partial charge in [0.05, 0.1) is 15.8 Å². The molecule has 0 aliphatic heterocycles. The van der Waals surface area contributed by atoms with E-state index in [0.717, 1.165) is 32.5 Å². The molecule has 7 heteroatoms. The van der Waals surface area contributed by atoms with Crippen molar-refractivity contribution in [3.8, 4) is 10.4 Å². The molecule has 2 aromatic heterocycles. The Morgan fingerprint density at radius 1 is 0.794 bits per heavy atom. The van der Waals surface area contributed by atoms with E-state index in [1.54, 1.807) is 24.3 Å². The fourth-order valence-electron chi connectivity index (χ4n) is 4.17. The van der Waals surface area contributed by atoms with Gasteiger partial charge in [0.25, 0.3) is 0 Å². The van der Waals surface area contributed by atoms with Crippen molar-refractivity contribution in [2.75, 3.05) is 0 Å². The Labute approximate surface area is 194 Å². The van der Waals surface area contributed by atoms with Gasteiger partial charge >= 0.3 is 6.18 Å². The van der Waals surface area contributed by atoms with Crippen molar-refractivity contribution in [3.63, 3.8) is 0 Å². The van der Waals surface area contributed by atoms with Crippen LogP contribution in [0.25, 0.3) is 37.6 Å². The molecule has 0 atom stereocenters. The zero-order valence-electron chi connectivity index (χ0n) is 17.3. The number of halogens is 3. The molecule has 0 saturated carbocycles. The SMILES string of the molecule is O=C1C(=Cc2cc3sc(-c4ccc(C(F)(F)F)cc4)cc3o2)C(=O)c2cc3ccccc3cc21. The number of thiophene rings is 1. The second-order valence-corrected chi connectivity index (χ2v) is 9.11. The van der Waals surface area contributed by atoms with E-state index in [1.165, 1.54) is 29.5 Å². The first-order chi connectivity index (χ1) is 16.3. The molecule has 166 valence electrons. The maximum absolute atomic E-state index is 12.9. The molecule has 0 spiro atoms. The molecule has 3 nitrogen and oxygen atoms in total. The molecule has 0 amide bonds. The van der Waals surface area contributed by atoms with Crippen LogP contribution in [0.3, 0.4) is 0 Å². The topological polar surface area (TPSA) is 47.3 Å². The van der Waals surface area contributed by atoms with Gasteiger partial charge in [-0.1, -0.05) is 36.4 Å². The van der Waals surface area contributed by atoms with Crippen LogP contribution in [0.2, 0.25) is 0 Å². The first kappa shape index (κ1) is 20.6. The van der Waals surface area contributed by atoms with E-state index in [-0.39, 0.29) is 17.1 Å². The molecule has 0 saturated heterocycles. The minimum Gasteiger partial charge on any atom is -0.456 e. The van der Waals surface area contributed by atoms with Gasteiger partial charge in [-0.05, 0) is 46.7 Å². The molecule has 34 heavy (non-hydrogen) atoms. The Balaban J connectivity index is 1.32. The van der Waals surface area contributed by atoms with Gasteiger partial charge in [-0.2, -0.15) is 13.2 Å². The molecule has 0 N–H and O–H groups in total. The largest absolute Gasteiger partial charge is 0.456 e. The molecule has 1 aliphatic rings. The van der Waals surface area contributed by atoms with Gasteiger partial charge in [-0.3, -0.25) is 9.59 Å². The summed E-state index contributed by atoms with van der Waals surface area (Å²) in [4.78, 5) is 26.6. The molecule has 5 aromatic rings. The molecule has 0 bridgehead atoms. The van der Waals surface area contributed by atoms with E-state index in [9.17, 15) is 22.8 Å². The van der Waals surface area contributed by atoms with Crippen molar-refractivity contribution >= 4 is 50.0 Å². The lowest BCUT2D eigenvalue weighted by molar-refractivity contribution is -0.137. The number of carbonyl (C=O) groups is 2. The molecule has 6 rings (SSSR count). The first-order valence-corrected chi connectivity index (χ1v) is 11.1. The highest BCUT2D eigenvalue weighted by molar-refractivity contribution is 7.22. The van der Waals surface area contributed by atoms with Gasteiger partial charge in [0.15, 0.2) is 11.6 Å². The lowest BCUT2D eigenvalue weighted by atomic mass is 10.0. The summed E-state index contributed by atoms with van der Waals surface area (Å²) in [6.45, 7) is 0. The van der Waals surface area contributed by atoms with Crippen LogP contribution in [-0.2, 0) is 6.18 Å². The van der Waals surface area contributed by atoms with Crippen LogP contribution in [0, 0.1) is 0 Å². The van der Waals surface area contributed by atoms with Gasteiger partial charge in [-0.15, -0.1) is 11.3 Å². The van der Waals surface area contributed by atoms with E-state index in [1.807, 2.05) is 24.3 Å². The fraction of sp³-hybridized carbons (Fsp3) is 0.0370. The number of allylic oxidation sites excluding steroid dienone is 1. The van der Waals surface area contributed by atoms with E-state index in [0.29, 0.717) is 28.0 Å². The molecular formula is C27H13F3O3S. The van der Waals surface area contributed by atoms with Crippen molar-refractivity contribution < 1.29 is 27.2 Å². The van der Waals surface area contributed by atoms with Gasteiger partial charge in [0.2, 0.25) is 0 Å². The van der Waals surface area contributed by atoms with Crippen molar-refractivity contribution in [3.05, 3.63) is 101 Å². The standard InChI is InChI=1S/C27H13F3O3S/c28-27(29,30)17-7-5-14(6-8-17)23-13-22-24(34-23)12-18(33-22)11-21-25(31)19-9-15-3-1-2-4-16(15)10-20(19)26(21)32/h1-13H. The molecule has 2 heterocycles. The lowest BCUT2D eigenvalue weighted by Gasteiger charge is -2.06. The molecule has 1 aliphatic carbocycles. The van der Waals surface area contributed by atoms with Crippen LogP contribution in [0.1, 0.15) is 32.0 Å². The van der Waals surface area contributed by atoms with Gasteiger partial charge in [-0.25, -0.2) is 0 Å². The second-order valence-electron chi connectivity index (χ2n) is 8.02. The number of alkyl halides is 3. The summed E-state index contributed by atoms with van der Waals surface area (Å²) in [6, 6.07) is 19.4. The third-order valence-corrected chi connectivity index (χ3v) is 6.99. The van der Waals surface area contributed by atoms with Crippen LogP contribution in [0.5, 0.6) is 0 Å². The fourth-order valence-corrected chi connectivity index (χ4v) is 5.21. The third-order valence-electron chi connectivity index (χ3n) is 5.87. The maximum Gasteiger partial charge on any atom is 0.416 e. The Hall–Kier alpha value is -3.97. The van der Waals surface area contributed by atoms with Crippen molar-refractivity contribution in [2.24, 2.45) is 0 Å². The Kier molecular flexibility index (Phi) is 4.41. The van der Waals surface area contributed by atoms with Crippen LogP contribution in [0.4, 0.5) is 13.2 Å². The van der Waals surface area contributed by atoms with Gasteiger partial charge < -0.3 is 4.42 Å². The quantitative estimate of drug-likeness (QED) is 0.194. The summed E-state index contributed by atoms with van der Waals surface area (Å²) < 4.78 is 45.0. The van der Waals surface area contributed by atoms with E-state index in [4.69, 9.17) is 4.42 Å². The Morgan fingerprint density at radius 2 is 1.41 bits per heavy atom. The first-order valence-electron chi connectivity index (χ1n) is 10.3. The van der Waals surface area contributed by atoms with Gasteiger partial charge in [0.1, 0.15) is 11.3 Å². The molecular weight excluding hydrogens is 461 g/mol. The average Bonchev–Trinajstić information content (AvgIpc) is 3.45. The number of ketones is 2. The third kappa shape index (κ3) is 3.28. The number of fused-ring (bicyclic) bond motifs is 3. The summed E-state index contributed by atoms with van der Waals surface area (Å²) in [7, 11) is 0. The number of furan rings is 1. The minimum atomic E-state index is -4.38. The Bertz CT molecular complexity index is 1580. The highest BCUT2D eigenvalue weighted by atomic mass is 32.1. The normalized spacial score (nSPS) is 13.8. The van der Waals surface area contributed by atoms with E-state index < -0.39 is 11.7 Å². The number of rotatable bonds is 2. The number of hydrogen-bond acceptors (Lipinski definition) is 4. The summed E-state index contributed by atoms with van der Waals surface area (Å²) in [5, 5.41) is 1.77. The van der Waals surface area contributed by atoms with Crippen LogP contribution in [0.15, 0.2) is 82.8 Å². The predicted molar refractivity (Wildman–Crippen MR) is 125 cm³/mol. The van der Waals surface area contributed by atoms with Crippen molar-refractivity contribution in [2.45, 2.75) is 6.18 Å². The second kappa shape index (κ2) is 7.27. The summed E-state index contributed by atoms with van der Waals surface area (Å²) >= 11 is 1.36. The van der Waals surface area contributed by atoms with E-state index >= 15 is 0 Å².